The van der Waals surface area contributed by atoms with E-state index >= 15 is 0 Å². The lowest BCUT2D eigenvalue weighted by Crippen LogP contribution is -2.28. The fourth-order valence-corrected chi connectivity index (χ4v) is 2.06. The molecule has 0 aromatic heterocycles. The van der Waals surface area contributed by atoms with Gasteiger partial charge in [0.2, 0.25) is 0 Å². The fraction of sp³-hybridized carbons (Fsp3) is 0.222. The van der Waals surface area contributed by atoms with Crippen molar-refractivity contribution in [1.82, 2.24) is 5.32 Å². The topological polar surface area (TPSA) is 64.6 Å². The molecule has 126 valence electrons. The molecule has 0 fully saturated rings. The number of esters is 1. The average Bonchev–Trinajstić information content (AvgIpc) is 2.59. The van der Waals surface area contributed by atoms with E-state index in [0.717, 1.165) is 5.56 Å². The summed E-state index contributed by atoms with van der Waals surface area (Å²) in [5.41, 5.74) is 1.53. The van der Waals surface area contributed by atoms with Gasteiger partial charge in [0, 0.05) is 19.2 Å². The molecule has 1 amide bonds. The van der Waals surface area contributed by atoms with Crippen LogP contribution in [0.25, 0.3) is 0 Å². The predicted octanol–water partition coefficient (Wildman–Crippen LogP) is 2.45. The first-order chi connectivity index (χ1) is 11.6. The standard InChI is InChI=1S/C18H18FNO4/c1-23-11-13-5-4-7-14(9-13)18(22)24-12-17(21)20-10-15-6-2-3-8-16(15)19/h2-9H,10-12H2,1H3,(H,20,21). The molecule has 0 radical (unpaired) electrons. The second-order valence-electron chi connectivity index (χ2n) is 5.08. The maximum atomic E-state index is 13.4. The summed E-state index contributed by atoms with van der Waals surface area (Å²) >= 11 is 0. The van der Waals surface area contributed by atoms with Crippen LogP contribution < -0.4 is 5.32 Å². The number of methoxy groups -OCH3 is 1. The van der Waals surface area contributed by atoms with E-state index in [1.807, 2.05) is 6.07 Å². The van der Waals surface area contributed by atoms with Crippen LogP contribution in [0.2, 0.25) is 0 Å². The van der Waals surface area contributed by atoms with Crippen LogP contribution in [-0.2, 0) is 27.4 Å². The lowest BCUT2D eigenvalue weighted by Gasteiger charge is -2.08. The first-order valence-electron chi connectivity index (χ1n) is 7.35. The summed E-state index contributed by atoms with van der Waals surface area (Å²) in [7, 11) is 1.56. The van der Waals surface area contributed by atoms with Crippen molar-refractivity contribution in [2.24, 2.45) is 0 Å². The first kappa shape index (κ1) is 17.6. The Morgan fingerprint density at radius 1 is 1.12 bits per heavy atom. The van der Waals surface area contributed by atoms with Gasteiger partial charge in [-0.05, 0) is 23.8 Å². The summed E-state index contributed by atoms with van der Waals surface area (Å²) in [5, 5.41) is 2.50. The van der Waals surface area contributed by atoms with Crippen LogP contribution in [0.1, 0.15) is 21.5 Å². The van der Waals surface area contributed by atoms with Gasteiger partial charge in [0.05, 0.1) is 12.2 Å². The molecule has 0 aliphatic carbocycles. The highest BCUT2D eigenvalue weighted by molar-refractivity contribution is 5.91. The molecule has 0 atom stereocenters. The van der Waals surface area contributed by atoms with E-state index in [1.54, 1.807) is 43.5 Å². The minimum Gasteiger partial charge on any atom is -0.452 e. The molecular weight excluding hydrogens is 313 g/mol. The lowest BCUT2D eigenvalue weighted by atomic mass is 10.1. The van der Waals surface area contributed by atoms with E-state index in [4.69, 9.17) is 9.47 Å². The minimum absolute atomic E-state index is 0.0341. The van der Waals surface area contributed by atoms with Gasteiger partial charge in [0.1, 0.15) is 5.82 Å². The molecule has 2 aromatic rings. The molecule has 0 spiro atoms. The van der Waals surface area contributed by atoms with Gasteiger partial charge in [0.15, 0.2) is 6.61 Å². The number of carbonyl (C=O) groups is 2. The van der Waals surface area contributed by atoms with Crippen molar-refractivity contribution in [2.45, 2.75) is 13.2 Å². The molecule has 0 saturated carbocycles. The van der Waals surface area contributed by atoms with Crippen LogP contribution in [0.5, 0.6) is 0 Å². The Morgan fingerprint density at radius 2 is 1.92 bits per heavy atom. The SMILES string of the molecule is COCc1cccc(C(=O)OCC(=O)NCc2ccccc2F)c1. The van der Waals surface area contributed by atoms with Crippen molar-refractivity contribution in [2.75, 3.05) is 13.7 Å². The number of hydrogen-bond donors (Lipinski definition) is 1. The largest absolute Gasteiger partial charge is 0.452 e. The van der Waals surface area contributed by atoms with Crippen LogP contribution >= 0.6 is 0 Å². The van der Waals surface area contributed by atoms with Gasteiger partial charge in [-0.3, -0.25) is 4.79 Å². The maximum absolute atomic E-state index is 13.4. The Bertz CT molecular complexity index is 718. The van der Waals surface area contributed by atoms with Crippen LogP contribution in [0.3, 0.4) is 0 Å². The van der Waals surface area contributed by atoms with E-state index in [1.165, 1.54) is 6.07 Å². The van der Waals surface area contributed by atoms with Gasteiger partial charge in [-0.2, -0.15) is 0 Å². The smallest absolute Gasteiger partial charge is 0.338 e. The van der Waals surface area contributed by atoms with Crippen LogP contribution in [0, 0.1) is 5.82 Å². The van der Waals surface area contributed by atoms with Crippen molar-refractivity contribution in [3.05, 3.63) is 71.0 Å². The number of amides is 1. The molecule has 1 N–H and O–H groups in total. The molecule has 0 saturated heterocycles. The van der Waals surface area contributed by atoms with E-state index < -0.39 is 24.3 Å². The zero-order chi connectivity index (χ0) is 17.4. The summed E-state index contributed by atoms with van der Waals surface area (Å²) in [4.78, 5) is 23.6. The van der Waals surface area contributed by atoms with Gasteiger partial charge in [0.25, 0.3) is 5.91 Å². The van der Waals surface area contributed by atoms with Crippen molar-refractivity contribution in [3.8, 4) is 0 Å². The van der Waals surface area contributed by atoms with Gasteiger partial charge < -0.3 is 14.8 Å². The van der Waals surface area contributed by atoms with Crippen molar-refractivity contribution in [1.29, 1.82) is 0 Å². The summed E-state index contributed by atoms with van der Waals surface area (Å²) in [6.45, 7) is -0.0155. The molecule has 0 aliphatic heterocycles. The third-order valence-electron chi connectivity index (χ3n) is 3.24. The Kier molecular flexibility index (Phi) is 6.45. The number of carbonyl (C=O) groups excluding carboxylic acids is 2. The first-order valence-corrected chi connectivity index (χ1v) is 7.35. The zero-order valence-electron chi connectivity index (χ0n) is 13.3. The van der Waals surface area contributed by atoms with Crippen LogP contribution in [-0.4, -0.2) is 25.6 Å². The van der Waals surface area contributed by atoms with Crippen molar-refractivity contribution >= 4 is 11.9 Å². The number of halogens is 1. The normalized spacial score (nSPS) is 10.2. The lowest BCUT2D eigenvalue weighted by molar-refractivity contribution is -0.124. The number of benzene rings is 2. The Balaban J connectivity index is 1.82. The summed E-state index contributed by atoms with van der Waals surface area (Å²) < 4.78 is 23.4. The second kappa shape index (κ2) is 8.79. The Labute approximate surface area is 139 Å². The van der Waals surface area contributed by atoms with Crippen molar-refractivity contribution < 1.29 is 23.5 Å². The molecule has 0 aliphatic rings. The quantitative estimate of drug-likeness (QED) is 0.792. The number of nitrogens with one attached hydrogen (secondary N) is 1. The van der Waals surface area contributed by atoms with Crippen LogP contribution in [0.4, 0.5) is 4.39 Å². The summed E-state index contributed by atoms with van der Waals surface area (Å²) in [6, 6.07) is 12.9. The van der Waals surface area contributed by atoms with Gasteiger partial charge >= 0.3 is 5.97 Å². The average molecular weight is 331 g/mol. The number of hydrogen-bond acceptors (Lipinski definition) is 4. The van der Waals surface area contributed by atoms with Crippen LogP contribution in [0.15, 0.2) is 48.5 Å². The highest BCUT2D eigenvalue weighted by atomic mass is 19.1. The predicted molar refractivity (Wildman–Crippen MR) is 85.7 cm³/mol. The Morgan fingerprint density at radius 3 is 2.67 bits per heavy atom. The van der Waals surface area contributed by atoms with E-state index in [-0.39, 0.29) is 6.54 Å². The third-order valence-corrected chi connectivity index (χ3v) is 3.24. The van der Waals surface area contributed by atoms with Gasteiger partial charge in [-0.15, -0.1) is 0 Å². The molecule has 2 aromatic carbocycles. The second-order valence-corrected chi connectivity index (χ2v) is 5.08. The van der Waals surface area contributed by atoms with Crippen molar-refractivity contribution in [3.63, 3.8) is 0 Å². The number of rotatable bonds is 7. The maximum Gasteiger partial charge on any atom is 0.338 e. The third kappa shape index (κ3) is 5.17. The molecule has 0 bridgehead atoms. The molecule has 2 rings (SSSR count). The molecule has 6 heteroatoms. The van der Waals surface area contributed by atoms with E-state index in [0.29, 0.717) is 17.7 Å². The van der Waals surface area contributed by atoms with E-state index in [9.17, 15) is 14.0 Å². The zero-order valence-corrected chi connectivity index (χ0v) is 13.3. The van der Waals surface area contributed by atoms with Gasteiger partial charge in [-0.1, -0.05) is 30.3 Å². The summed E-state index contributed by atoms with van der Waals surface area (Å²) in [6.07, 6.45) is 0. The molecule has 5 nitrogen and oxygen atoms in total. The van der Waals surface area contributed by atoms with Gasteiger partial charge in [-0.25, -0.2) is 9.18 Å². The molecule has 24 heavy (non-hydrogen) atoms. The number of ether oxygens (including phenoxy) is 2. The molecular formula is C18H18FNO4. The monoisotopic (exact) mass is 331 g/mol. The summed E-state index contributed by atoms with van der Waals surface area (Å²) in [5.74, 6) is -1.50. The highest BCUT2D eigenvalue weighted by Gasteiger charge is 2.11. The molecule has 0 heterocycles. The fourth-order valence-electron chi connectivity index (χ4n) is 2.06. The highest BCUT2D eigenvalue weighted by Crippen LogP contribution is 2.08. The molecule has 0 unspecified atom stereocenters. The van der Waals surface area contributed by atoms with E-state index in [2.05, 4.69) is 5.32 Å². The minimum atomic E-state index is -0.603. The Hall–Kier alpha value is -2.73.